The Labute approximate surface area is 154 Å². The van der Waals surface area contributed by atoms with Crippen LogP contribution >= 0.6 is 11.8 Å². The van der Waals surface area contributed by atoms with Crippen molar-refractivity contribution in [3.8, 4) is 11.6 Å². The van der Waals surface area contributed by atoms with Crippen molar-refractivity contribution >= 4 is 17.7 Å². The van der Waals surface area contributed by atoms with Gasteiger partial charge in [0.1, 0.15) is 5.82 Å². The molecule has 1 amide bonds. The van der Waals surface area contributed by atoms with Gasteiger partial charge in [0.2, 0.25) is 5.91 Å². The van der Waals surface area contributed by atoms with E-state index in [-0.39, 0.29) is 17.5 Å². The van der Waals surface area contributed by atoms with Crippen LogP contribution in [0.4, 0.5) is 4.39 Å². The second-order valence-corrected chi connectivity index (χ2v) is 6.49. The van der Waals surface area contributed by atoms with Crippen LogP contribution in [-0.2, 0) is 17.8 Å². The fraction of sp³-hybridized carbons (Fsp3) is 0.278. The highest BCUT2D eigenvalue weighted by atomic mass is 32.2. The summed E-state index contributed by atoms with van der Waals surface area (Å²) in [6.07, 6.45) is 2.17. The van der Waals surface area contributed by atoms with Crippen LogP contribution in [0.25, 0.3) is 11.6 Å². The molecule has 2 aromatic heterocycles. The lowest BCUT2D eigenvalue weighted by molar-refractivity contribution is -0.118. The van der Waals surface area contributed by atoms with E-state index in [1.165, 1.54) is 23.9 Å². The normalized spacial score (nSPS) is 10.8. The Hall–Kier alpha value is -2.61. The Bertz CT molecular complexity index is 864. The Morgan fingerprint density at radius 2 is 2.19 bits per heavy atom. The van der Waals surface area contributed by atoms with Crippen molar-refractivity contribution in [2.24, 2.45) is 0 Å². The minimum absolute atomic E-state index is 0.100. The molecule has 0 spiro atoms. The van der Waals surface area contributed by atoms with Gasteiger partial charge in [-0.25, -0.2) is 4.39 Å². The molecule has 26 heavy (non-hydrogen) atoms. The minimum atomic E-state index is -0.268. The maximum Gasteiger partial charge on any atom is 0.230 e. The maximum absolute atomic E-state index is 13.1. The first-order valence-corrected chi connectivity index (χ1v) is 9.27. The van der Waals surface area contributed by atoms with Gasteiger partial charge in [-0.3, -0.25) is 9.36 Å². The van der Waals surface area contributed by atoms with Gasteiger partial charge in [-0.1, -0.05) is 23.9 Å². The molecule has 0 fully saturated rings. The van der Waals surface area contributed by atoms with Gasteiger partial charge in [-0.15, -0.1) is 10.2 Å². The Morgan fingerprint density at radius 1 is 1.31 bits per heavy atom. The number of furan rings is 1. The van der Waals surface area contributed by atoms with Crippen LogP contribution in [0.3, 0.4) is 0 Å². The summed E-state index contributed by atoms with van der Waals surface area (Å²) in [4.78, 5) is 12.0. The molecule has 8 heteroatoms. The molecule has 0 bridgehead atoms. The molecule has 0 aliphatic rings. The quantitative estimate of drug-likeness (QED) is 0.613. The highest BCUT2D eigenvalue weighted by Gasteiger charge is 2.16. The van der Waals surface area contributed by atoms with Gasteiger partial charge in [0.05, 0.1) is 12.0 Å². The van der Waals surface area contributed by atoms with Crippen LogP contribution in [0.2, 0.25) is 0 Å². The topological polar surface area (TPSA) is 73.0 Å². The first-order chi connectivity index (χ1) is 12.7. The van der Waals surface area contributed by atoms with E-state index < -0.39 is 0 Å². The summed E-state index contributed by atoms with van der Waals surface area (Å²) >= 11 is 1.32. The second kappa shape index (κ2) is 8.66. The van der Waals surface area contributed by atoms with Crippen molar-refractivity contribution in [3.63, 3.8) is 0 Å². The lowest BCUT2D eigenvalue weighted by atomic mass is 10.1. The smallest absolute Gasteiger partial charge is 0.230 e. The van der Waals surface area contributed by atoms with Gasteiger partial charge in [-0.05, 0) is 43.2 Å². The fourth-order valence-electron chi connectivity index (χ4n) is 2.49. The van der Waals surface area contributed by atoms with E-state index in [1.54, 1.807) is 18.4 Å². The van der Waals surface area contributed by atoms with E-state index in [1.807, 2.05) is 23.6 Å². The van der Waals surface area contributed by atoms with Crippen molar-refractivity contribution in [3.05, 3.63) is 54.0 Å². The van der Waals surface area contributed by atoms with E-state index in [9.17, 15) is 9.18 Å². The number of nitrogens with one attached hydrogen (secondary N) is 1. The van der Waals surface area contributed by atoms with Crippen LogP contribution in [0, 0.1) is 5.82 Å². The number of halogens is 1. The van der Waals surface area contributed by atoms with Crippen molar-refractivity contribution < 1.29 is 13.6 Å². The predicted octanol–water partition coefficient (Wildman–Crippen LogP) is 3.15. The van der Waals surface area contributed by atoms with Gasteiger partial charge < -0.3 is 9.73 Å². The number of hydrogen-bond donors (Lipinski definition) is 1. The Balaban J connectivity index is 1.50. The minimum Gasteiger partial charge on any atom is -0.461 e. The summed E-state index contributed by atoms with van der Waals surface area (Å²) in [5, 5.41) is 11.8. The third-order valence-electron chi connectivity index (χ3n) is 3.73. The molecule has 0 radical (unpaired) electrons. The fourth-order valence-corrected chi connectivity index (χ4v) is 3.32. The van der Waals surface area contributed by atoms with Crippen molar-refractivity contribution in [1.82, 2.24) is 20.1 Å². The van der Waals surface area contributed by atoms with E-state index >= 15 is 0 Å². The molecule has 1 N–H and O–H groups in total. The molecular formula is C18H19FN4O2S. The molecule has 6 nitrogen and oxygen atoms in total. The van der Waals surface area contributed by atoms with Crippen molar-refractivity contribution in [2.45, 2.75) is 25.0 Å². The standard InChI is InChI=1S/C18H19FN4O2S/c1-2-23-17(15-7-4-10-25-15)21-22-18(23)26-12-16(24)20-9-8-13-5-3-6-14(19)11-13/h3-7,10-11H,2,8-9,12H2,1H3,(H,20,24). The molecule has 1 aromatic carbocycles. The molecule has 3 rings (SSSR count). The lowest BCUT2D eigenvalue weighted by Gasteiger charge is -2.07. The first kappa shape index (κ1) is 18.2. The summed E-state index contributed by atoms with van der Waals surface area (Å²) in [5.41, 5.74) is 0.853. The van der Waals surface area contributed by atoms with Crippen molar-refractivity contribution in [1.29, 1.82) is 0 Å². The number of carbonyl (C=O) groups excluding carboxylic acids is 1. The van der Waals surface area contributed by atoms with Crippen molar-refractivity contribution in [2.75, 3.05) is 12.3 Å². The number of rotatable bonds is 8. The maximum atomic E-state index is 13.1. The summed E-state index contributed by atoms with van der Waals surface area (Å²) in [6.45, 7) is 3.12. The van der Waals surface area contributed by atoms with E-state index in [2.05, 4.69) is 15.5 Å². The summed E-state index contributed by atoms with van der Waals surface area (Å²) in [5.74, 6) is 1.16. The average molecular weight is 374 g/mol. The van der Waals surface area contributed by atoms with E-state index in [4.69, 9.17) is 4.42 Å². The third kappa shape index (κ3) is 4.51. The molecule has 0 aliphatic carbocycles. The number of nitrogens with zero attached hydrogens (tertiary/aromatic N) is 3. The number of benzene rings is 1. The zero-order valence-corrected chi connectivity index (χ0v) is 15.1. The molecule has 3 aromatic rings. The van der Waals surface area contributed by atoms with Gasteiger partial charge >= 0.3 is 0 Å². The van der Waals surface area contributed by atoms with Crippen LogP contribution in [0.5, 0.6) is 0 Å². The molecule has 0 aliphatic heterocycles. The predicted molar refractivity (Wildman–Crippen MR) is 97.2 cm³/mol. The monoisotopic (exact) mass is 374 g/mol. The number of aromatic nitrogens is 3. The van der Waals surface area contributed by atoms with E-state index in [0.717, 1.165) is 5.56 Å². The summed E-state index contributed by atoms with van der Waals surface area (Å²) in [6, 6.07) is 9.99. The van der Waals surface area contributed by atoms with Gasteiger partial charge in [0, 0.05) is 13.1 Å². The average Bonchev–Trinajstić information content (AvgIpc) is 3.29. The largest absolute Gasteiger partial charge is 0.461 e. The number of thioether (sulfide) groups is 1. The number of carbonyl (C=O) groups is 1. The lowest BCUT2D eigenvalue weighted by Crippen LogP contribution is -2.27. The Morgan fingerprint density at radius 3 is 2.92 bits per heavy atom. The highest BCUT2D eigenvalue weighted by molar-refractivity contribution is 7.99. The highest BCUT2D eigenvalue weighted by Crippen LogP contribution is 2.24. The molecule has 0 saturated carbocycles. The van der Waals surface area contributed by atoms with Gasteiger partial charge in [0.25, 0.3) is 0 Å². The molecular weight excluding hydrogens is 355 g/mol. The molecule has 136 valence electrons. The summed E-state index contributed by atoms with van der Waals surface area (Å²) < 4.78 is 20.4. The SMILES string of the molecule is CCn1c(SCC(=O)NCCc2cccc(F)c2)nnc1-c1ccco1. The third-order valence-corrected chi connectivity index (χ3v) is 4.70. The Kier molecular flexibility index (Phi) is 6.06. The number of hydrogen-bond acceptors (Lipinski definition) is 5. The number of amides is 1. The van der Waals surface area contributed by atoms with E-state index in [0.29, 0.717) is 36.3 Å². The zero-order valence-electron chi connectivity index (χ0n) is 14.3. The molecule has 2 heterocycles. The first-order valence-electron chi connectivity index (χ1n) is 8.28. The zero-order chi connectivity index (χ0) is 18.4. The van der Waals surface area contributed by atoms with Gasteiger partial charge in [-0.2, -0.15) is 0 Å². The van der Waals surface area contributed by atoms with Crippen LogP contribution in [0.15, 0.2) is 52.2 Å². The molecule has 0 unspecified atom stereocenters. The van der Waals surface area contributed by atoms with Crippen LogP contribution in [0.1, 0.15) is 12.5 Å². The molecule has 0 saturated heterocycles. The summed E-state index contributed by atoms with van der Waals surface area (Å²) in [7, 11) is 0. The van der Waals surface area contributed by atoms with Gasteiger partial charge in [0.15, 0.2) is 16.7 Å². The second-order valence-electron chi connectivity index (χ2n) is 5.55. The van der Waals surface area contributed by atoms with Crippen LogP contribution in [-0.4, -0.2) is 33.0 Å². The van der Waals surface area contributed by atoms with Crippen LogP contribution < -0.4 is 5.32 Å². The molecule has 0 atom stereocenters.